The first-order valence-corrected chi connectivity index (χ1v) is 10.1. The second-order valence-corrected chi connectivity index (χ2v) is 8.02. The predicted molar refractivity (Wildman–Crippen MR) is 96.4 cm³/mol. The van der Waals surface area contributed by atoms with Gasteiger partial charge in [0.25, 0.3) is 0 Å². The van der Waals surface area contributed by atoms with E-state index in [0.717, 1.165) is 30.1 Å². The lowest BCUT2D eigenvalue weighted by Gasteiger charge is -2.38. The topological polar surface area (TPSA) is 37.3 Å². The van der Waals surface area contributed by atoms with E-state index in [1.807, 2.05) is 6.08 Å². The Morgan fingerprint density at radius 1 is 0.913 bits per heavy atom. The van der Waals surface area contributed by atoms with Gasteiger partial charge in [0, 0.05) is 6.08 Å². The molecule has 2 fully saturated rings. The van der Waals surface area contributed by atoms with Gasteiger partial charge in [-0.3, -0.25) is 0 Å². The van der Waals surface area contributed by atoms with Crippen molar-refractivity contribution in [1.82, 2.24) is 0 Å². The summed E-state index contributed by atoms with van der Waals surface area (Å²) in [7, 11) is 0. The Bertz CT molecular complexity index is 358. The highest BCUT2D eigenvalue weighted by atomic mass is 16.4. The fourth-order valence-electron chi connectivity index (χ4n) is 4.91. The third kappa shape index (κ3) is 6.69. The predicted octanol–water partition coefficient (Wildman–Crippen LogP) is 6.21. The molecule has 23 heavy (non-hydrogen) atoms. The molecule has 0 radical (unpaired) electrons. The van der Waals surface area contributed by atoms with Crippen molar-refractivity contribution in [1.29, 1.82) is 0 Å². The number of rotatable bonds is 8. The smallest absolute Gasteiger partial charge is 0.327 e. The van der Waals surface area contributed by atoms with Crippen LogP contribution in [0.5, 0.6) is 0 Å². The average molecular weight is 321 g/mol. The van der Waals surface area contributed by atoms with Crippen molar-refractivity contribution >= 4 is 5.97 Å². The highest BCUT2D eigenvalue weighted by Crippen LogP contribution is 2.43. The molecule has 0 heterocycles. The highest BCUT2D eigenvalue weighted by molar-refractivity contribution is 5.79. The molecule has 0 amide bonds. The molecule has 2 rings (SSSR count). The van der Waals surface area contributed by atoms with Crippen LogP contribution in [0, 0.1) is 23.7 Å². The number of hydrogen-bond donors (Lipinski definition) is 1. The minimum atomic E-state index is -0.816. The Labute approximate surface area is 142 Å². The lowest BCUT2D eigenvalue weighted by Crippen LogP contribution is -2.25. The van der Waals surface area contributed by atoms with Gasteiger partial charge >= 0.3 is 5.97 Å². The molecule has 0 aromatic rings. The summed E-state index contributed by atoms with van der Waals surface area (Å²) < 4.78 is 0. The van der Waals surface area contributed by atoms with Crippen LogP contribution in [0.3, 0.4) is 0 Å². The summed E-state index contributed by atoms with van der Waals surface area (Å²) in [4.78, 5) is 10.5. The normalized spacial score (nSPS) is 32.2. The maximum Gasteiger partial charge on any atom is 0.327 e. The quantitative estimate of drug-likeness (QED) is 0.540. The molecule has 0 unspecified atom stereocenters. The minimum absolute atomic E-state index is 0.816. The van der Waals surface area contributed by atoms with Gasteiger partial charge in [-0.1, -0.05) is 57.9 Å². The number of hydrogen-bond acceptors (Lipinski definition) is 1. The van der Waals surface area contributed by atoms with Gasteiger partial charge < -0.3 is 5.11 Å². The number of carboxylic acid groups (broad SMARTS) is 1. The molecule has 0 aliphatic heterocycles. The van der Waals surface area contributed by atoms with Crippen LogP contribution in [0.1, 0.15) is 90.4 Å². The standard InChI is InChI=1S/C21H36O2/c1-2-3-6-17-9-13-19(14-10-17)20-15-11-18(12-16-20)7-4-5-8-21(22)23/h5,8,17-20H,2-4,6-7,9-16H2,1H3,(H,22,23). The number of unbranched alkanes of at least 4 members (excludes halogenated alkanes) is 1. The maximum absolute atomic E-state index is 10.5. The molecule has 2 heteroatoms. The zero-order valence-electron chi connectivity index (χ0n) is 15.0. The molecule has 0 aromatic carbocycles. The Hall–Kier alpha value is -0.790. The van der Waals surface area contributed by atoms with Crippen LogP contribution in [-0.4, -0.2) is 11.1 Å². The van der Waals surface area contributed by atoms with Crippen molar-refractivity contribution < 1.29 is 9.90 Å². The Morgan fingerprint density at radius 3 is 1.91 bits per heavy atom. The fourth-order valence-corrected chi connectivity index (χ4v) is 4.91. The van der Waals surface area contributed by atoms with E-state index in [1.54, 1.807) is 0 Å². The first-order chi connectivity index (χ1) is 11.2. The van der Waals surface area contributed by atoms with Crippen molar-refractivity contribution in [3.05, 3.63) is 12.2 Å². The molecular formula is C21H36O2. The van der Waals surface area contributed by atoms with Gasteiger partial charge in [-0.15, -0.1) is 0 Å². The van der Waals surface area contributed by atoms with Crippen LogP contribution >= 0.6 is 0 Å². The fraction of sp³-hybridized carbons (Fsp3) is 0.857. The van der Waals surface area contributed by atoms with Crippen LogP contribution in [0.4, 0.5) is 0 Å². The number of allylic oxidation sites excluding steroid dienone is 1. The zero-order valence-corrected chi connectivity index (χ0v) is 15.0. The second-order valence-electron chi connectivity index (χ2n) is 8.02. The molecule has 2 saturated carbocycles. The van der Waals surface area contributed by atoms with Crippen molar-refractivity contribution in [2.45, 2.75) is 90.4 Å². The van der Waals surface area contributed by atoms with E-state index >= 15 is 0 Å². The maximum atomic E-state index is 10.5. The zero-order chi connectivity index (χ0) is 16.5. The molecule has 2 aliphatic carbocycles. The summed E-state index contributed by atoms with van der Waals surface area (Å²) in [5.41, 5.74) is 0. The van der Waals surface area contributed by atoms with Crippen LogP contribution in [-0.2, 0) is 4.79 Å². The third-order valence-corrected chi connectivity index (χ3v) is 6.42. The van der Waals surface area contributed by atoms with Crippen LogP contribution < -0.4 is 0 Å². The summed E-state index contributed by atoms with van der Waals surface area (Å²) in [5.74, 6) is 3.06. The van der Waals surface area contributed by atoms with E-state index in [9.17, 15) is 4.79 Å². The van der Waals surface area contributed by atoms with E-state index in [0.29, 0.717) is 0 Å². The summed E-state index contributed by atoms with van der Waals surface area (Å²) in [6.07, 6.45) is 21.1. The van der Waals surface area contributed by atoms with E-state index in [2.05, 4.69) is 6.92 Å². The highest BCUT2D eigenvalue weighted by Gasteiger charge is 2.30. The SMILES string of the molecule is CCCCC1CCC(C2CCC(CCC=CC(=O)O)CC2)CC1. The van der Waals surface area contributed by atoms with E-state index in [4.69, 9.17) is 5.11 Å². The summed E-state index contributed by atoms with van der Waals surface area (Å²) in [6, 6.07) is 0. The Balaban J connectivity index is 1.60. The molecule has 0 bridgehead atoms. The van der Waals surface area contributed by atoms with E-state index in [-0.39, 0.29) is 0 Å². The van der Waals surface area contributed by atoms with Crippen LogP contribution in [0.2, 0.25) is 0 Å². The minimum Gasteiger partial charge on any atom is -0.478 e. The van der Waals surface area contributed by atoms with Crippen molar-refractivity contribution in [3.8, 4) is 0 Å². The molecule has 0 aromatic heterocycles. The van der Waals surface area contributed by atoms with E-state index < -0.39 is 5.97 Å². The third-order valence-electron chi connectivity index (χ3n) is 6.42. The summed E-state index contributed by atoms with van der Waals surface area (Å²) >= 11 is 0. The Morgan fingerprint density at radius 2 is 1.43 bits per heavy atom. The second kappa shape index (κ2) is 10.2. The molecule has 0 spiro atoms. The van der Waals surface area contributed by atoms with Gasteiger partial charge in [-0.2, -0.15) is 0 Å². The lowest BCUT2D eigenvalue weighted by atomic mass is 9.68. The van der Waals surface area contributed by atoms with Gasteiger partial charge in [0.15, 0.2) is 0 Å². The summed E-state index contributed by atoms with van der Waals surface area (Å²) in [5, 5.41) is 8.61. The molecule has 2 nitrogen and oxygen atoms in total. The first-order valence-electron chi connectivity index (χ1n) is 10.1. The van der Waals surface area contributed by atoms with Crippen molar-refractivity contribution in [2.75, 3.05) is 0 Å². The number of carboxylic acids is 1. The first kappa shape index (κ1) is 18.5. The molecule has 132 valence electrons. The number of carbonyl (C=O) groups is 1. The van der Waals surface area contributed by atoms with Crippen molar-refractivity contribution in [3.63, 3.8) is 0 Å². The van der Waals surface area contributed by atoms with Gasteiger partial charge in [0.2, 0.25) is 0 Å². The largest absolute Gasteiger partial charge is 0.478 e. The van der Waals surface area contributed by atoms with Gasteiger partial charge in [0.1, 0.15) is 0 Å². The summed E-state index contributed by atoms with van der Waals surface area (Å²) in [6.45, 7) is 2.31. The molecule has 0 atom stereocenters. The Kier molecular flexibility index (Phi) is 8.19. The van der Waals surface area contributed by atoms with Crippen molar-refractivity contribution in [2.24, 2.45) is 23.7 Å². The molecule has 2 aliphatic rings. The molecule has 0 saturated heterocycles. The number of aliphatic carboxylic acids is 1. The average Bonchev–Trinajstić information content (AvgIpc) is 2.58. The van der Waals surface area contributed by atoms with E-state index in [1.165, 1.54) is 83.1 Å². The molecular weight excluding hydrogens is 284 g/mol. The van der Waals surface area contributed by atoms with Crippen LogP contribution in [0.25, 0.3) is 0 Å². The van der Waals surface area contributed by atoms with Gasteiger partial charge in [-0.25, -0.2) is 4.79 Å². The van der Waals surface area contributed by atoms with Crippen LogP contribution in [0.15, 0.2) is 12.2 Å². The monoisotopic (exact) mass is 320 g/mol. The van der Waals surface area contributed by atoms with Gasteiger partial charge in [-0.05, 0) is 62.2 Å². The lowest BCUT2D eigenvalue weighted by molar-refractivity contribution is -0.131. The van der Waals surface area contributed by atoms with Gasteiger partial charge in [0.05, 0.1) is 0 Å². The molecule has 1 N–H and O–H groups in total.